The van der Waals surface area contributed by atoms with Crippen LogP contribution in [0.25, 0.3) is 0 Å². The Morgan fingerprint density at radius 2 is 1.85 bits per heavy atom. The molecule has 0 heterocycles. The summed E-state index contributed by atoms with van der Waals surface area (Å²) in [5, 5.41) is 10.0. The number of hydrogen-bond acceptors (Lipinski definition) is 3. The van der Waals surface area contributed by atoms with E-state index in [1.54, 1.807) is 0 Å². The molecule has 0 radical (unpaired) electrons. The highest BCUT2D eigenvalue weighted by Crippen LogP contribution is 2.73. The number of aliphatic carboxylic acids is 1. The Morgan fingerprint density at radius 3 is 2.46 bits per heavy atom. The highest BCUT2D eigenvalue weighted by molar-refractivity contribution is 5.75. The standard InChI is InChI=1S/C22H32O4/c1-14-12-21-9-6-16-19(3,7-5-8-20(16,4)18(24)25)17(21)13-22(14,11-10-21)26-15(2)23/h16-17H,1,5-13H2,2-4H3,(H,24,25). The molecule has 26 heavy (non-hydrogen) atoms. The van der Waals surface area contributed by atoms with E-state index >= 15 is 0 Å². The molecule has 2 bridgehead atoms. The van der Waals surface area contributed by atoms with Crippen molar-refractivity contribution in [2.75, 3.05) is 0 Å². The minimum absolute atomic E-state index is 0.0101. The van der Waals surface area contributed by atoms with Crippen molar-refractivity contribution in [3.8, 4) is 0 Å². The predicted octanol–water partition coefficient (Wildman–Crippen LogP) is 4.73. The summed E-state index contributed by atoms with van der Waals surface area (Å²) in [4.78, 5) is 24.0. The van der Waals surface area contributed by atoms with Gasteiger partial charge < -0.3 is 9.84 Å². The number of ether oxygens (including phenoxy) is 1. The summed E-state index contributed by atoms with van der Waals surface area (Å²) < 4.78 is 5.89. The lowest BCUT2D eigenvalue weighted by Gasteiger charge is -2.69. The summed E-state index contributed by atoms with van der Waals surface area (Å²) in [6.45, 7) is 10.1. The van der Waals surface area contributed by atoms with Gasteiger partial charge in [-0.3, -0.25) is 9.59 Å². The smallest absolute Gasteiger partial charge is 0.309 e. The Morgan fingerprint density at radius 1 is 1.12 bits per heavy atom. The third-order valence-electron chi connectivity index (χ3n) is 9.04. The van der Waals surface area contributed by atoms with E-state index in [4.69, 9.17) is 4.74 Å². The van der Waals surface area contributed by atoms with Crippen LogP contribution in [0.3, 0.4) is 0 Å². The predicted molar refractivity (Wildman–Crippen MR) is 98.5 cm³/mol. The molecule has 144 valence electrons. The fourth-order valence-electron chi connectivity index (χ4n) is 7.82. The van der Waals surface area contributed by atoms with E-state index in [1.807, 2.05) is 6.92 Å². The van der Waals surface area contributed by atoms with E-state index in [0.29, 0.717) is 5.92 Å². The molecule has 1 spiro atoms. The number of rotatable bonds is 2. The second kappa shape index (κ2) is 5.36. The van der Waals surface area contributed by atoms with Gasteiger partial charge in [-0.15, -0.1) is 0 Å². The minimum atomic E-state index is -0.635. The van der Waals surface area contributed by atoms with Gasteiger partial charge in [-0.1, -0.05) is 19.9 Å². The van der Waals surface area contributed by atoms with Gasteiger partial charge in [0.05, 0.1) is 5.41 Å². The van der Waals surface area contributed by atoms with E-state index in [1.165, 1.54) is 6.92 Å². The molecule has 0 aromatic heterocycles. The molecule has 6 atom stereocenters. The number of carbonyl (C=O) groups excluding carboxylic acids is 1. The highest BCUT2D eigenvalue weighted by atomic mass is 16.6. The molecule has 5 saturated carbocycles. The minimum Gasteiger partial charge on any atom is -0.481 e. The van der Waals surface area contributed by atoms with Crippen molar-refractivity contribution in [2.24, 2.45) is 28.1 Å². The lowest BCUT2D eigenvalue weighted by molar-refractivity contribution is -0.217. The topological polar surface area (TPSA) is 63.6 Å². The lowest BCUT2D eigenvalue weighted by Crippen LogP contribution is -2.65. The van der Waals surface area contributed by atoms with Crippen molar-refractivity contribution >= 4 is 11.9 Å². The van der Waals surface area contributed by atoms with Gasteiger partial charge >= 0.3 is 11.9 Å². The first-order chi connectivity index (χ1) is 12.1. The van der Waals surface area contributed by atoms with Crippen molar-refractivity contribution in [3.05, 3.63) is 12.2 Å². The third kappa shape index (κ3) is 2.13. The zero-order valence-corrected chi connectivity index (χ0v) is 16.4. The van der Waals surface area contributed by atoms with E-state index in [0.717, 1.165) is 63.4 Å². The van der Waals surface area contributed by atoms with Crippen LogP contribution in [0.15, 0.2) is 12.2 Å². The highest BCUT2D eigenvalue weighted by Gasteiger charge is 2.68. The molecule has 5 aliphatic carbocycles. The Balaban J connectivity index is 1.75. The summed E-state index contributed by atoms with van der Waals surface area (Å²) in [7, 11) is 0. The zero-order chi connectivity index (χ0) is 19.0. The molecule has 0 aromatic rings. The molecule has 1 N–H and O–H groups in total. The van der Waals surface area contributed by atoms with Crippen LogP contribution < -0.4 is 0 Å². The first kappa shape index (κ1) is 18.1. The van der Waals surface area contributed by atoms with Crippen LogP contribution in [-0.2, 0) is 14.3 Å². The number of carboxylic acid groups (broad SMARTS) is 1. The SMILES string of the molecule is C=C1CC23CCC4C(C)(C(=O)O)CCCC4(C)C2CC1(OC(C)=O)CC3. The molecule has 5 fully saturated rings. The summed E-state index contributed by atoms with van der Waals surface area (Å²) in [5.74, 6) is -0.230. The van der Waals surface area contributed by atoms with Gasteiger partial charge in [0, 0.05) is 6.92 Å². The van der Waals surface area contributed by atoms with Crippen molar-refractivity contribution < 1.29 is 19.4 Å². The molecule has 5 rings (SSSR count). The second-order valence-electron chi connectivity index (χ2n) is 10.2. The molecule has 4 nitrogen and oxygen atoms in total. The average molecular weight is 360 g/mol. The molecular formula is C22H32O4. The Hall–Kier alpha value is -1.32. The van der Waals surface area contributed by atoms with Gasteiger partial charge in [0.25, 0.3) is 0 Å². The summed E-state index contributed by atoms with van der Waals surface area (Å²) in [5.41, 5.74) is 0.197. The Labute approximate surface area is 156 Å². The van der Waals surface area contributed by atoms with Crippen LogP contribution in [0.1, 0.15) is 78.6 Å². The molecule has 6 unspecified atom stereocenters. The van der Waals surface area contributed by atoms with Crippen molar-refractivity contribution in [1.82, 2.24) is 0 Å². The van der Waals surface area contributed by atoms with Gasteiger partial charge in [0.2, 0.25) is 0 Å². The Kier molecular flexibility index (Phi) is 3.72. The monoisotopic (exact) mass is 360 g/mol. The average Bonchev–Trinajstić information content (AvgIpc) is 2.54. The molecule has 0 saturated heterocycles. The number of carboxylic acids is 1. The van der Waals surface area contributed by atoms with Crippen LogP contribution in [0.4, 0.5) is 0 Å². The summed E-state index contributed by atoms with van der Waals surface area (Å²) in [6.07, 6.45) is 8.70. The quantitative estimate of drug-likeness (QED) is 0.571. The first-order valence-electron chi connectivity index (χ1n) is 10.2. The summed E-state index contributed by atoms with van der Waals surface area (Å²) >= 11 is 0. The Bertz CT molecular complexity index is 684. The molecular weight excluding hydrogens is 328 g/mol. The van der Waals surface area contributed by atoms with Gasteiger partial charge in [0.1, 0.15) is 5.60 Å². The van der Waals surface area contributed by atoms with Gasteiger partial charge in [-0.2, -0.15) is 0 Å². The number of esters is 1. The number of carbonyl (C=O) groups is 2. The van der Waals surface area contributed by atoms with Crippen LogP contribution in [-0.4, -0.2) is 22.6 Å². The number of hydrogen-bond donors (Lipinski definition) is 1. The normalized spacial score (nSPS) is 49.9. The zero-order valence-electron chi connectivity index (χ0n) is 16.4. The van der Waals surface area contributed by atoms with Crippen molar-refractivity contribution in [3.63, 3.8) is 0 Å². The molecule has 0 aromatic carbocycles. The molecule has 5 aliphatic rings. The maximum Gasteiger partial charge on any atom is 0.309 e. The fourth-order valence-corrected chi connectivity index (χ4v) is 7.82. The van der Waals surface area contributed by atoms with E-state index in [2.05, 4.69) is 13.5 Å². The van der Waals surface area contributed by atoms with Gasteiger partial charge in [0.15, 0.2) is 0 Å². The van der Waals surface area contributed by atoms with Crippen LogP contribution in [0, 0.1) is 28.1 Å². The molecule has 4 heteroatoms. The van der Waals surface area contributed by atoms with E-state index in [-0.39, 0.29) is 22.7 Å². The van der Waals surface area contributed by atoms with Crippen LogP contribution in [0.2, 0.25) is 0 Å². The maximum absolute atomic E-state index is 12.2. The lowest BCUT2D eigenvalue weighted by atomic mass is 9.36. The molecule has 0 aliphatic heterocycles. The van der Waals surface area contributed by atoms with Crippen LogP contribution in [0.5, 0.6) is 0 Å². The van der Waals surface area contributed by atoms with Crippen molar-refractivity contribution in [1.29, 1.82) is 0 Å². The van der Waals surface area contributed by atoms with E-state index < -0.39 is 17.0 Å². The van der Waals surface area contributed by atoms with E-state index in [9.17, 15) is 14.7 Å². The van der Waals surface area contributed by atoms with Gasteiger partial charge in [-0.25, -0.2) is 0 Å². The largest absolute Gasteiger partial charge is 0.481 e. The number of fused-ring (bicyclic) bond motifs is 3. The van der Waals surface area contributed by atoms with Crippen LogP contribution >= 0.6 is 0 Å². The molecule has 0 amide bonds. The second-order valence-corrected chi connectivity index (χ2v) is 10.2. The van der Waals surface area contributed by atoms with Gasteiger partial charge in [-0.05, 0) is 86.5 Å². The maximum atomic E-state index is 12.2. The fraction of sp³-hybridized carbons (Fsp3) is 0.818. The van der Waals surface area contributed by atoms with Crippen molar-refractivity contribution in [2.45, 2.75) is 84.2 Å². The first-order valence-corrected chi connectivity index (χ1v) is 10.2. The third-order valence-corrected chi connectivity index (χ3v) is 9.04. The summed E-state index contributed by atoms with van der Waals surface area (Å²) in [6, 6.07) is 0.